The van der Waals surface area contributed by atoms with Crippen LogP contribution in [0.4, 0.5) is 0 Å². The van der Waals surface area contributed by atoms with Gasteiger partial charge in [-0.2, -0.15) is 0 Å². The van der Waals surface area contributed by atoms with E-state index in [1.807, 2.05) is 0 Å². The van der Waals surface area contributed by atoms with Crippen LogP contribution >= 0.6 is 30.4 Å². The van der Waals surface area contributed by atoms with E-state index in [4.69, 9.17) is 39.1 Å². The van der Waals surface area contributed by atoms with Gasteiger partial charge >= 0.3 is 30.4 Å². The SMILES string of the molecule is CCCCN(CC(P(=O)(O)O)P(=O)(O)O)CC(P(=O)(O)O)P(=O)(O)O. The van der Waals surface area contributed by atoms with Gasteiger partial charge in [0, 0.05) is 13.1 Å². The Hall–Kier alpha value is 0.560. The van der Waals surface area contributed by atoms with E-state index in [1.165, 1.54) is 0 Å². The molecule has 8 N–H and O–H groups in total. The first kappa shape index (κ1) is 25.6. The van der Waals surface area contributed by atoms with Gasteiger partial charge in [0.05, 0.1) is 0 Å². The first-order valence-corrected chi connectivity index (χ1v) is 13.6. The molecule has 13 nitrogen and oxygen atoms in total. The van der Waals surface area contributed by atoms with Crippen LogP contribution in [0, 0.1) is 0 Å². The van der Waals surface area contributed by atoms with Crippen molar-refractivity contribution in [3.63, 3.8) is 0 Å². The summed E-state index contributed by atoms with van der Waals surface area (Å²) in [6, 6.07) is 0. The highest BCUT2D eigenvalue weighted by Crippen LogP contribution is 2.62. The molecule has 0 spiro atoms. The minimum atomic E-state index is -5.30. The molecule has 25 heavy (non-hydrogen) atoms. The van der Waals surface area contributed by atoms with Gasteiger partial charge in [0.25, 0.3) is 0 Å². The predicted molar refractivity (Wildman–Crippen MR) is 87.1 cm³/mol. The summed E-state index contributed by atoms with van der Waals surface area (Å²) < 4.78 is 45.3. The Bertz CT molecular complexity index is 521. The van der Waals surface area contributed by atoms with Crippen LogP contribution < -0.4 is 0 Å². The second-order valence-corrected chi connectivity index (χ2v) is 13.5. The summed E-state index contributed by atoms with van der Waals surface area (Å²) in [6.07, 6.45) is 0.799. The third-order valence-corrected chi connectivity index (χ3v) is 10.6. The molecule has 152 valence electrons. The summed E-state index contributed by atoms with van der Waals surface area (Å²) in [4.78, 5) is 73.8. The highest BCUT2D eigenvalue weighted by atomic mass is 31.2. The van der Waals surface area contributed by atoms with Crippen LogP contribution in [0.15, 0.2) is 0 Å². The maximum atomic E-state index is 11.3. The molecular weight excluding hydrogens is 426 g/mol. The molecule has 0 unspecified atom stereocenters. The highest BCUT2D eigenvalue weighted by Gasteiger charge is 2.48. The lowest BCUT2D eigenvalue weighted by molar-refractivity contribution is 0.247. The Labute approximate surface area is 143 Å². The van der Waals surface area contributed by atoms with E-state index in [-0.39, 0.29) is 6.54 Å². The Morgan fingerprint density at radius 2 is 0.960 bits per heavy atom. The minimum absolute atomic E-state index is 0.135. The monoisotopic (exact) mass is 449 g/mol. The molecule has 0 fully saturated rings. The lowest BCUT2D eigenvalue weighted by Gasteiger charge is -2.31. The van der Waals surface area contributed by atoms with E-state index in [1.54, 1.807) is 6.92 Å². The molecule has 0 aliphatic heterocycles. The Balaban J connectivity index is 5.70. The van der Waals surface area contributed by atoms with Gasteiger partial charge in [-0.15, -0.1) is 0 Å². The number of hydrogen-bond acceptors (Lipinski definition) is 5. The summed E-state index contributed by atoms with van der Waals surface area (Å²) in [5, 5.41) is -4.96. The fourth-order valence-corrected chi connectivity index (χ4v) is 6.83. The molecule has 0 bridgehead atoms. The van der Waals surface area contributed by atoms with Gasteiger partial charge in [-0.25, -0.2) is 0 Å². The van der Waals surface area contributed by atoms with Crippen molar-refractivity contribution in [1.82, 2.24) is 4.90 Å². The topological polar surface area (TPSA) is 233 Å². The van der Waals surface area contributed by atoms with Crippen LogP contribution in [0.2, 0.25) is 0 Å². The molecular formula is C8H23NO12P4. The summed E-state index contributed by atoms with van der Waals surface area (Å²) in [6.45, 7) is -0.426. The zero-order valence-corrected chi connectivity index (χ0v) is 16.7. The number of unbranched alkanes of at least 4 members (excludes halogenated alkanes) is 1. The Morgan fingerprint density at radius 3 is 1.16 bits per heavy atom. The van der Waals surface area contributed by atoms with Crippen LogP contribution in [0.25, 0.3) is 0 Å². The number of rotatable bonds is 11. The van der Waals surface area contributed by atoms with E-state index in [0.717, 1.165) is 4.90 Å². The number of nitrogens with zero attached hydrogens (tertiary/aromatic N) is 1. The fourth-order valence-electron chi connectivity index (χ4n) is 1.92. The van der Waals surface area contributed by atoms with Crippen molar-refractivity contribution in [2.24, 2.45) is 0 Å². The molecule has 0 heterocycles. The Kier molecular flexibility index (Phi) is 9.37. The van der Waals surface area contributed by atoms with E-state index in [9.17, 15) is 18.3 Å². The van der Waals surface area contributed by atoms with Gasteiger partial charge in [0.2, 0.25) is 0 Å². The molecule has 0 amide bonds. The second kappa shape index (κ2) is 9.17. The van der Waals surface area contributed by atoms with Gasteiger partial charge in [0.1, 0.15) is 0 Å². The van der Waals surface area contributed by atoms with Crippen LogP contribution in [0.5, 0.6) is 0 Å². The van der Waals surface area contributed by atoms with E-state index in [2.05, 4.69) is 0 Å². The first-order valence-electron chi connectivity index (χ1n) is 6.84. The molecule has 0 saturated carbocycles. The van der Waals surface area contributed by atoms with E-state index < -0.39 is 54.3 Å². The van der Waals surface area contributed by atoms with Crippen molar-refractivity contribution >= 4 is 30.4 Å². The highest BCUT2D eigenvalue weighted by molar-refractivity contribution is 7.71. The van der Waals surface area contributed by atoms with Crippen molar-refractivity contribution in [3.8, 4) is 0 Å². The molecule has 17 heteroatoms. The molecule has 0 aliphatic carbocycles. The van der Waals surface area contributed by atoms with Crippen LogP contribution in [-0.4, -0.2) is 74.5 Å². The Morgan fingerprint density at radius 1 is 0.680 bits per heavy atom. The van der Waals surface area contributed by atoms with Gasteiger partial charge in [-0.1, -0.05) is 13.3 Å². The van der Waals surface area contributed by atoms with E-state index in [0.29, 0.717) is 12.8 Å². The second-order valence-electron chi connectivity index (χ2n) is 5.43. The summed E-state index contributed by atoms with van der Waals surface area (Å²) >= 11 is 0. The van der Waals surface area contributed by atoms with Crippen molar-refractivity contribution in [1.29, 1.82) is 0 Å². The summed E-state index contributed by atoms with van der Waals surface area (Å²) in [5.41, 5.74) is 0. The van der Waals surface area contributed by atoms with Gasteiger partial charge in [0.15, 0.2) is 10.8 Å². The number of hydrogen-bond donors (Lipinski definition) is 8. The normalized spacial score (nSPS) is 14.7. The van der Waals surface area contributed by atoms with Crippen molar-refractivity contribution < 1.29 is 57.4 Å². The maximum Gasteiger partial charge on any atom is 0.342 e. The lowest BCUT2D eigenvalue weighted by atomic mass is 10.3. The van der Waals surface area contributed by atoms with Gasteiger partial charge < -0.3 is 44.0 Å². The zero-order chi connectivity index (χ0) is 20.3. The first-order chi connectivity index (χ1) is 10.9. The van der Waals surface area contributed by atoms with Crippen molar-refractivity contribution in [3.05, 3.63) is 0 Å². The molecule has 0 aliphatic rings. The minimum Gasteiger partial charge on any atom is -0.324 e. The molecule has 0 rings (SSSR count). The standard InChI is InChI=1S/C8H23NO12P4/c1-2-3-4-9(5-7(22(10,11)12)23(13,14)15)6-8(24(16,17)18)25(19,20)21/h7-8H,2-6H2,1H3,(H2,10,11,12)(H2,13,14,15)(H2,16,17,18)(H2,19,20,21). The average molecular weight is 449 g/mol. The molecule has 0 radical (unpaired) electrons. The molecule has 0 saturated heterocycles. The molecule has 0 aromatic heterocycles. The molecule has 0 aromatic carbocycles. The maximum absolute atomic E-state index is 11.3. The fraction of sp³-hybridized carbons (Fsp3) is 1.00. The average Bonchev–Trinajstić information content (AvgIpc) is 2.31. The van der Waals surface area contributed by atoms with Gasteiger partial charge in [-0.3, -0.25) is 18.3 Å². The van der Waals surface area contributed by atoms with Crippen LogP contribution in [0.1, 0.15) is 19.8 Å². The van der Waals surface area contributed by atoms with Crippen molar-refractivity contribution in [2.75, 3.05) is 19.6 Å². The molecule has 0 atom stereocenters. The summed E-state index contributed by atoms with van der Waals surface area (Å²) in [5.74, 6) is 0. The quantitative estimate of drug-likeness (QED) is 0.185. The summed E-state index contributed by atoms with van der Waals surface area (Å²) in [7, 11) is -21.2. The third kappa shape index (κ3) is 9.35. The van der Waals surface area contributed by atoms with Crippen molar-refractivity contribution in [2.45, 2.75) is 30.6 Å². The largest absolute Gasteiger partial charge is 0.342 e. The van der Waals surface area contributed by atoms with Crippen LogP contribution in [-0.2, 0) is 18.3 Å². The van der Waals surface area contributed by atoms with Crippen LogP contribution in [0.3, 0.4) is 0 Å². The smallest absolute Gasteiger partial charge is 0.324 e. The van der Waals surface area contributed by atoms with E-state index >= 15 is 0 Å². The third-order valence-electron chi connectivity index (χ3n) is 3.22. The lowest BCUT2D eigenvalue weighted by Crippen LogP contribution is -2.38. The predicted octanol–water partition coefficient (Wildman–Crippen LogP) is -0.549. The molecule has 0 aromatic rings. The van der Waals surface area contributed by atoms with Gasteiger partial charge in [-0.05, 0) is 13.0 Å². The zero-order valence-electron chi connectivity index (χ0n) is 13.1.